The Labute approximate surface area is 88.5 Å². The van der Waals surface area contributed by atoms with E-state index in [1.807, 2.05) is 28.7 Å². The van der Waals surface area contributed by atoms with Crippen LogP contribution in [0.25, 0.3) is 0 Å². The summed E-state index contributed by atoms with van der Waals surface area (Å²) < 4.78 is 13.6. The second kappa shape index (κ2) is 4.33. The van der Waals surface area contributed by atoms with Gasteiger partial charge in [-0.05, 0) is 34.7 Å². The van der Waals surface area contributed by atoms with Crippen LogP contribution in [0.2, 0.25) is 0 Å². The summed E-state index contributed by atoms with van der Waals surface area (Å²) in [7, 11) is 0. The molecule has 0 aliphatic carbocycles. The van der Waals surface area contributed by atoms with Gasteiger partial charge in [-0.3, -0.25) is 4.79 Å². The first-order chi connectivity index (χ1) is 6.20. The highest BCUT2D eigenvalue weighted by molar-refractivity contribution is 14.1. The second-order valence-electron chi connectivity index (χ2n) is 2.38. The van der Waals surface area contributed by atoms with Crippen molar-refractivity contribution in [2.45, 2.75) is 6.42 Å². The third kappa shape index (κ3) is 2.04. The van der Waals surface area contributed by atoms with Gasteiger partial charge in [-0.2, -0.15) is 5.26 Å². The van der Waals surface area contributed by atoms with E-state index >= 15 is 0 Å². The van der Waals surface area contributed by atoms with Crippen molar-refractivity contribution < 1.29 is 9.18 Å². The lowest BCUT2D eigenvalue weighted by molar-refractivity contribution is 0.112. The van der Waals surface area contributed by atoms with Crippen LogP contribution in [0.1, 0.15) is 15.9 Å². The van der Waals surface area contributed by atoms with Crippen molar-refractivity contribution in [2.24, 2.45) is 0 Å². The highest BCUT2D eigenvalue weighted by Crippen LogP contribution is 2.19. The molecule has 0 bridgehead atoms. The lowest BCUT2D eigenvalue weighted by Crippen LogP contribution is -1.97. The molecule has 2 nitrogen and oxygen atoms in total. The molecule has 0 N–H and O–H groups in total. The molecule has 66 valence electrons. The molecule has 0 spiro atoms. The van der Waals surface area contributed by atoms with Gasteiger partial charge in [0.25, 0.3) is 0 Å². The zero-order chi connectivity index (χ0) is 9.84. The first-order valence-electron chi connectivity index (χ1n) is 3.49. The van der Waals surface area contributed by atoms with E-state index in [2.05, 4.69) is 0 Å². The fourth-order valence-electron chi connectivity index (χ4n) is 0.948. The number of rotatable bonds is 2. The fourth-order valence-corrected chi connectivity index (χ4v) is 1.70. The average molecular weight is 289 g/mol. The van der Waals surface area contributed by atoms with Crippen LogP contribution in [-0.2, 0) is 6.42 Å². The molecule has 1 rings (SSSR count). The highest BCUT2D eigenvalue weighted by Gasteiger charge is 2.09. The maximum atomic E-state index is 13.1. The van der Waals surface area contributed by atoms with Crippen LogP contribution in [0.4, 0.5) is 4.39 Å². The maximum absolute atomic E-state index is 13.1. The Balaban J connectivity index is 3.31. The Morgan fingerprint density at radius 1 is 1.62 bits per heavy atom. The quantitative estimate of drug-likeness (QED) is 0.619. The summed E-state index contributed by atoms with van der Waals surface area (Å²) in [5.74, 6) is -0.434. The Kier molecular flexibility index (Phi) is 3.37. The summed E-state index contributed by atoms with van der Waals surface area (Å²) in [4.78, 5) is 10.5. The van der Waals surface area contributed by atoms with Crippen LogP contribution in [0.5, 0.6) is 0 Å². The zero-order valence-electron chi connectivity index (χ0n) is 6.55. The molecule has 0 aliphatic heterocycles. The third-order valence-electron chi connectivity index (χ3n) is 1.60. The monoisotopic (exact) mass is 289 g/mol. The molecule has 0 heterocycles. The van der Waals surface area contributed by atoms with Gasteiger partial charge in [-0.25, -0.2) is 4.39 Å². The minimum atomic E-state index is -0.434. The fraction of sp³-hybridized carbons (Fsp3) is 0.111. The van der Waals surface area contributed by atoms with E-state index in [0.29, 0.717) is 21.0 Å². The summed E-state index contributed by atoms with van der Waals surface area (Å²) in [5, 5.41) is 8.42. The molecule has 1 aromatic rings. The molecule has 0 saturated carbocycles. The van der Waals surface area contributed by atoms with Gasteiger partial charge in [0.15, 0.2) is 6.29 Å². The Hall–Kier alpha value is -0.960. The molecule has 0 amide bonds. The Bertz CT molecular complexity index is 384. The molecule has 0 saturated heterocycles. The first kappa shape index (κ1) is 10.1. The van der Waals surface area contributed by atoms with Gasteiger partial charge in [-0.1, -0.05) is 0 Å². The van der Waals surface area contributed by atoms with E-state index in [4.69, 9.17) is 5.26 Å². The van der Waals surface area contributed by atoms with Crippen molar-refractivity contribution in [3.63, 3.8) is 0 Å². The molecule has 0 fully saturated rings. The minimum Gasteiger partial charge on any atom is -0.298 e. The van der Waals surface area contributed by atoms with Gasteiger partial charge in [0, 0.05) is 14.7 Å². The van der Waals surface area contributed by atoms with E-state index in [1.54, 1.807) is 0 Å². The molecule has 13 heavy (non-hydrogen) atoms. The number of nitriles is 1. The largest absolute Gasteiger partial charge is 0.298 e. The molecule has 4 heteroatoms. The highest BCUT2D eigenvalue weighted by atomic mass is 127. The average Bonchev–Trinajstić information content (AvgIpc) is 2.12. The van der Waals surface area contributed by atoms with Crippen molar-refractivity contribution in [3.8, 4) is 6.07 Å². The zero-order valence-corrected chi connectivity index (χ0v) is 8.71. The lowest BCUT2D eigenvalue weighted by atomic mass is 10.1. The topological polar surface area (TPSA) is 40.9 Å². The van der Waals surface area contributed by atoms with E-state index in [1.165, 1.54) is 12.1 Å². The van der Waals surface area contributed by atoms with Crippen LogP contribution in [0.15, 0.2) is 12.1 Å². The van der Waals surface area contributed by atoms with Crippen molar-refractivity contribution >= 4 is 28.9 Å². The summed E-state index contributed by atoms with van der Waals surface area (Å²) >= 11 is 1.87. The van der Waals surface area contributed by atoms with Crippen molar-refractivity contribution in [2.75, 3.05) is 0 Å². The number of nitrogens with zero attached hydrogens (tertiary/aromatic N) is 1. The number of carbonyl (C=O) groups is 1. The molecule has 0 aliphatic rings. The Morgan fingerprint density at radius 3 is 2.85 bits per heavy atom. The summed E-state index contributed by atoms with van der Waals surface area (Å²) in [6.45, 7) is 0. The van der Waals surface area contributed by atoms with Crippen LogP contribution < -0.4 is 0 Å². The van der Waals surface area contributed by atoms with Crippen LogP contribution >= 0.6 is 22.6 Å². The minimum absolute atomic E-state index is 0.00815. The lowest BCUT2D eigenvalue weighted by Gasteiger charge is -2.03. The number of aldehydes is 1. The summed E-state index contributed by atoms with van der Waals surface area (Å²) in [6.07, 6.45) is 0.647. The van der Waals surface area contributed by atoms with Crippen LogP contribution in [-0.4, -0.2) is 6.29 Å². The van der Waals surface area contributed by atoms with Gasteiger partial charge < -0.3 is 0 Å². The standard InChI is InChI=1S/C9H5FINO/c10-8-2-1-6(5-13)9(11)7(8)3-4-12/h1-2,5H,3H2. The second-order valence-corrected chi connectivity index (χ2v) is 3.46. The normalized spacial score (nSPS) is 9.31. The van der Waals surface area contributed by atoms with E-state index in [0.717, 1.165) is 0 Å². The molecule has 0 unspecified atom stereocenters. The predicted molar refractivity (Wildman–Crippen MR) is 53.8 cm³/mol. The molecule has 1 aromatic carbocycles. The van der Waals surface area contributed by atoms with E-state index in [9.17, 15) is 9.18 Å². The van der Waals surface area contributed by atoms with Gasteiger partial charge in [-0.15, -0.1) is 0 Å². The number of halogens is 2. The summed E-state index contributed by atoms with van der Waals surface area (Å²) in [6, 6.07) is 4.47. The number of benzene rings is 1. The smallest absolute Gasteiger partial charge is 0.151 e. The van der Waals surface area contributed by atoms with Gasteiger partial charge in [0.1, 0.15) is 5.82 Å². The van der Waals surface area contributed by atoms with Crippen molar-refractivity contribution in [1.29, 1.82) is 5.26 Å². The predicted octanol–water partition coefficient (Wildman–Crippen LogP) is 2.31. The first-order valence-corrected chi connectivity index (χ1v) is 4.57. The number of carbonyl (C=O) groups excluding carboxylic acids is 1. The molecular formula is C9H5FINO. The molecule has 0 aromatic heterocycles. The van der Waals surface area contributed by atoms with Crippen molar-refractivity contribution in [3.05, 3.63) is 32.6 Å². The van der Waals surface area contributed by atoms with Crippen LogP contribution in [0.3, 0.4) is 0 Å². The third-order valence-corrected chi connectivity index (χ3v) is 2.87. The van der Waals surface area contributed by atoms with E-state index < -0.39 is 5.82 Å². The molecular weight excluding hydrogens is 284 g/mol. The molecule has 0 atom stereocenters. The van der Waals surface area contributed by atoms with Crippen molar-refractivity contribution in [1.82, 2.24) is 0 Å². The van der Waals surface area contributed by atoms with Gasteiger partial charge in [0.2, 0.25) is 0 Å². The SMILES string of the molecule is N#CCc1c(F)ccc(C=O)c1I. The van der Waals surface area contributed by atoms with E-state index in [-0.39, 0.29) is 6.42 Å². The number of hydrogen-bond donors (Lipinski definition) is 0. The molecule has 0 radical (unpaired) electrons. The van der Waals surface area contributed by atoms with Gasteiger partial charge in [0.05, 0.1) is 12.5 Å². The van der Waals surface area contributed by atoms with Crippen LogP contribution in [0, 0.1) is 20.7 Å². The number of hydrogen-bond acceptors (Lipinski definition) is 2. The maximum Gasteiger partial charge on any atom is 0.151 e. The summed E-state index contributed by atoms with van der Waals surface area (Å²) in [5.41, 5.74) is 0.722. The Morgan fingerprint density at radius 2 is 2.31 bits per heavy atom. The van der Waals surface area contributed by atoms with Gasteiger partial charge >= 0.3 is 0 Å².